The standard InChI is InChI=1S/C16H15N5O3/c1-20(23)10-2-4-11(5-3-10)24-14-7-6-12-15(19-14)21-9-8-13(22)18-16(21)17-12/h2-7,23H,8-9H2,1H3,(H,17,18,22). The van der Waals surface area contributed by atoms with Gasteiger partial charge in [-0.05, 0) is 30.3 Å². The summed E-state index contributed by atoms with van der Waals surface area (Å²) in [5.41, 5.74) is 2.04. The van der Waals surface area contributed by atoms with Crippen LogP contribution in [0.4, 0.5) is 11.6 Å². The number of carbonyl (C=O) groups is 1. The van der Waals surface area contributed by atoms with Crippen LogP contribution in [-0.2, 0) is 11.3 Å². The van der Waals surface area contributed by atoms with Gasteiger partial charge >= 0.3 is 0 Å². The molecule has 24 heavy (non-hydrogen) atoms. The Labute approximate surface area is 137 Å². The van der Waals surface area contributed by atoms with E-state index in [1.165, 1.54) is 0 Å². The third kappa shape index (κ3) is 2.52. The monoisotopic (exact) mass is 325 g/mol. The Kier molecular flexibility index (Phi) is 3.31. The van der Waals surface area contributed by atoms with E-state index in [1.54, 1.807) is 37.4 Å². The fourth-order valence-electron chi connectivity index (χ4n) is 2.60. The molecule has 0 atom stereocenters. The van der Waals surface area contributed by atoms with E-state index in [0.29, 0.717) is 47.4 Å². The summed E-state index contributed by atoms with van der Waals surface area (Å²) in [4.78, 5) is 20.3. The second-order valence-electron chi connectivity index (χ2n) is 5.50. The number of hydrogen-bond acceptors (Lipinski definition) is 6. The molecule has 3 aromatic rings. The molecule has 4 rings (SSSR count). The number of imidazole rings is 1. The summed E-state index contributed by atoms with van der Waals surface area (Å²) in [6.07, 6.45) is 0.404. The van der Waals surface area contributed by atoms with E-state index in [0.717, 1.165) is 5.06 Å². The van der Waals surface area contributed by atoms with Crippen LogP contribution in [0.3, 0.4) is 0 Å². The van der Waals surface area contributed by atoms with Crippen LogP contribution in [0, 0.1) is 0 Å². The molecule has 0 saturated carbocycles. The molecule has 3 heterocycles. The molecule has 2 N–H and O–H groups in total. The van der Waals surface area contributed by atoms with E-state index in [9.17, 15) is 10.0 Å². The molecule has 1 aromatic carbocycles. The highest BCUT2D eigenvalue weighted by Crippen LogP contribution is 2.27. The number of hydroxylamine groups is 1. The number of aryl methyl sites for hydroxylation is 1. The summed E-state index contributed by atoms with van der Waals surface area (Å²) in [6, 6.07) is 10.5. The molecule has 0 radical (unpaired) electrons. The van der Waals surface area contributed by atoms with Gasteiger partial charge in [0.25, 0.3) is 0 Å². The van der Waals surface area contributed by atoms with Crippen molar-refractivity contribution in [2.75, 3.05) is 17.4 Å². The number of benzene rings is 1. The van der Waals surface area contributed by atoms with Gasteiger partial charge in [0, 0.05) is 26.1 Å². The molecule has 8 nitrogen and oxygen atoms in total. The predicted octanol–water partition coefficient (Wildman–Crippen LogP) is 2.39. The molecule has 1 aliphatic rings. The molecule has 0 aliphatic carbocycles. The first-order chi connectivity index (χ1) is 11.6. The molecular weight excluding hydrogens is 310 g/mol. The quantitative estimate of drug-likeness (QED) is 0.718. The smallest absolute Gasteiger partial charge is 0.228 e. The highest BCUT2D eigenvalue weighted by atomic mass is 16.5. The zero-order valence-electron chi connectivity index (χ0n) is 12.9. The maximum absolute atomic E-state index is 11.5. The van der Waals surface area contributed by atoms with Crippen LogP contribution in [0.2, 0.25) is 0 Å². The van der Waals surface area contributed by atoms with E-state index < -0.39 is 0 Å². The Bertz CT molecular complexity index is 917. The highest BCUT2D eigenvalue weighted by molar-refractivity contribution is 5.92. The number of amides is 1. The summed E-state index contributed by atoms with van der Waals surface area (Å²) in [5, 5.41) is 13.1. The Morgan fingerprint density at radius 2 is 2.00 bits per heavy atom. The van der Waals surface area contributed by atoms with Gasteiger partial charge in [-0.2, -0.15) is 4.98 Å². The number of pyridine rings is 1. The van der Waals surface area contributed by atoms with Crippen LogP contribution in [0.25, 0.3) is 11.2 Å². The van der Waals surface area contributed by atoms with Gasteiger partial charge < -0.3 is 4.74 Å². The molecule has 8 heteroatoms. The van der Waals surface area contributed by atoms with Crippen LogP contribution < -0.4 is 15.1 Å². The Balaban J connectivity index is 1.64. The summed E-state index contributed by atoms with van der Waals surface area (Å²) >= 11 is 0. The lowest BCUT2D eigenvalue weighted by molar-refractivity contribution is -0.116. The van der Waals surface area contributed by atoms with Crippen LogP contribution in [0.1, 0.15) is 6.42 Å². The number of fused-ring (bicyclic) bond motifs is 3. The molecule has 1 aliphatic heterocycles. The van der Waals surface area contributed by atoms with Gasteiger partial charge in [-0.15, -0.1) is 0 Å². The molecule has 1 amide bonds. The molecule has 0 bridgehead atoms. The van der Waals surface area contributed by atoms with Crippen molar-refractivity contribution >= 4 is 28.7 Å². The van der Waals surface area contributed by atoms with Crippen LogP contribution in [-0.4, -0.2) is 32.7 Å². The minimum Gasteiger partial charge on any atom is -0.439 e. The number of ether oxygens (including phenoxy) is 1. The fraction of sp³-hybridized carbons (Fsp3) is 0.188. The lowest BCUT2D eigenvalue weighted by atomic mass is 10.3. The second kappa shape index (κ2) is 5.50. The Morgan fingerprint density at radius 1 is 1.21 bits per heavy atom. The molecule has 122 valence electrons. The maximum atomic E-state index is 11.5. The largest absolute Gasteiger partial charge is 0.439 e. The zero-order chi connectivity index (χ0) is 16.7. The number of aromatic nitrogens is 3. The van der Waals surface area contributed by atoms with Crippen molar-refractivity contribution in [3.8, 4) is 11.6 Å². The number of rotatable bonds is 3. The minimum absolute atomic E-state index is 0.0387. The second-order valence-corrected chi connectivity index (χ2v) is 5.50. The third-order valence-electron chi connectivity index (χ3n) is 3.81. The van der Waals surface area contributed by atoms with Gasteiger partial charge in [0.1, 0.15) is 11.3 Å². The first kappa shape index (κ1) is 14.5. The topological polar surface area (TPSA) is 92.5 Å². The van der Waals surface area contributed by atoms with Crippen molar-refractivity contribution in [3.63, 3.8) is 0 Å². The van der Waals surface area contributed by atoms with E-state index in [-0.39, 0.29) is 5.91 Å². The lowest BCUT2D eigenvalue weighted by Crippen LogP contribution is -2.23. The first-order valence-corrected chi connectivity index (χ1v) is 7.48. The summed E-state index contributed by atoms with van der Waals surface area (Å²) < 4.78 is 7.63. The van der Waals surface area contributed by atoms with Gasteiger partial charge in [0.15, 0.2) is 5.65 Å². The number of anilines is 2. The Hall–Kier alpha value is -3.13. The molecular formula is C16H15N5O3. The molecule has 0 spiro atoms. The van der Waals surface area contributed by atoms with Gasteiger partial charge in [-0.1, -0.05) is 0 Å². The average Bonchev–Trinajstić information content (AvgIpc) is 2.92. The number of nitrogens with one attached hydrogen (secondary N) is 1. The summed E-state index contributed by atoms with van der Waals surface area (Å²) in [6.45, 7) is 0.547. The number of nitrogens with zero attached hydrogens (tertiary/aromatic N) is 4. The van der Waals surface area contributed by atoms with Crippen molar-refractivity contribution in [3.05, 3.63) is 36.4 Å². The van der Waals surface area contributed by atoms with Crippen molar-refractivity contribution in [1.82, 2.24) is 14.5 Å². The zero-order valence-corrected chi connectivity index (χ0v) is 12.9. The molecule has 0 saturated heterocycles. The van der Waals surface area contributed by atoms with Crippen LogP contribution in [0.15, 0.2) is 36.4 Å². The van der Waals surface area contributed by atoms with E-state index in [1.807, 2.05) is 10.6 Å². The molecule has 0 fully saturated rings. The SMILES string of the molecule is CN(O)c1ccc(Oc2ccc3nc4n(c3n2)CCC(=O)N4)cc1. The fourth-order valence-corrected chi connectivity index (χ4v) is 2.60. The summed E-state index contributed by atoms with van der Waals surface area (Å²) in [5.74, 6) is 1.52. The predicted molar refractivity (Wildman–Crippen MR) is 87.5 cm³/mol. The van der Waals surface area contributed by atoms with Crippen molar-refractivity contribution in [2.45, 2.75) is 13.0 Å². The molecule has 0 unspecified atom stereocenters. The van der Waals surface area contributed by atoms with Crippen molar-refractivity contribution in [2.24, 2.45) is 0 Å². The van der Waals surface area contributed by atoms with Crippen molar-refractivity contribution in [1.29, 1.82) is 0 Å². The van der Waals surface area contributed by atoms with Crippen LogP contribution >= 0.6 is 0 Å². The van der Waals surface area contributed by atoms with Gasteiger partial charge in [-0.3, -0.25) is 24.9 Å². The van der Waals surface area contributed by atoms with E-state index in [4.69, 9.17) is 4.74 Å². The van der Waals surface area contributed by atoms with Crippen molar-refractivity contribution < 1.29 is 14.7 Å². The maximum Gasteiger partial charge on any atom is 0.228 e. The van der Waals surface area contributed by atoms with Gasteiger partial charge in [0.05, 0.1) is 5.69 Å². The summed E-state index contributed by atoms with van der Waals surface area (Å²) in [7, 11) is 1.55. The van der Waals surface area contributed by atoms with Crippen LogP contribution in [0.5, 0.6) is 11.6 Å². The minimum atomic E-state index is -0.0387. The van der Waals surface area contributed by atoms with E-state index >= 15 is 0 Å². The van der Waals surface area contributed by atoms with Gasteiger partial charge in [0.2, 0.25) is 17.7 Å². The highest BCUT2D eigenvalue weighted by Gasteiger charge is 2.20. The number of carbonyl (C=O) groups excluding carboxylic acids is 1. The third-order valence-corrected chi connectivity index (χ3v) is 3.81. The Morgan fingerprint density at radius 3 is 2.75 bits per heavy atom. The number of hydrogen-bond donors (Lipinski definition) is 2. The lowest BCUT2D eigenvalue weighted by Gasteiger charge is -2.14. The normalized spacial score (nSPS) is 13.5. The average molecular weight is 325 g/mol. The van der Waals surface area contributed by atoms with Gasteiger partial charge in [-0.25, -0.2) is 4.98 Å². The molecule has 2 aromatic heterocycles. The van der Waals surface area contributed by atoms with E-state index in [2.05, 4.69) is 15.3 Å². The first-order valence-electron chi connectivity index (χ1n) is 7.48.